The van der Waals surface area contributed by atoms with E-state index in [1.54, 1.807) is 19.1 Å². The van der Waals surface area contributed by atoms with Gasteiger partial charge in [0.2, 0.25) is 5.91 Å². The summed E-state index contributed by atoms with van der Waals surface area (Å²) in [6.45, 7) is 4.48. The van der Waals surface area contributed by atoms with Crippen LogP contribution in [0.1, 0.15) is 26.3 Å². The number of hydrogen-bond acceptors (Lipinski definition) is 10. The number of aliphatic hydroxyl groups is 1. The lowest BCUT2D eigenvalue weighted by molar-refractivity contribution is -0.261. The van der Waals surface area contributed by atoms with E-state index in [1.807, 2.05) is 0 Å². The first-order valence-corrected chi connectivity index (χ1v) is 10.7. The molecule has 5 atom stereocenters. The van der Waals surface area contributed by atoms with Gasteiger partial charge in [0, 0.05) is 20.8 Å². The van der Waals surface area contributed by atoms with E-state index in [1.165, 1.54) is 19.1 Å². The molecule has 0 spiro atoms. The van der Waals surface area contributed by atoms with Crippen molar-refractivity contribution in [1.82, 2.24) is 5.32 Å². The maximum absolute atomic E-state index is 12.5. The molecule has 12 heteroatoms. The second kappa shape index (κ2) is 10.2. The zero-order chi connectivity index (χ0) is 23.3. The lowest BCUT2D eigenvalue weighted by Gasteiger charge is -2.43. The van der Waals surface area contributed by atoms with Crippen molar-refractivity contribution >= 4 is 28.0 Å². The summed E-state index contributed by atoms with van der Waals surface area (Å²) in [6.07, 6.45) is -5.75. The summed E-state index contributed by atoms with van der Waals surface area (Å²) in [5.74, 6) is -2.13. The van der Waals surface area contributed by atoms with E-state index in [-0.39, 0.29) is 4.90 Å². The Morgan fingerprint density at radius 1 is 1.03 bits per heavy atom. The lowest BCUT2D eigenvalue weighted by atomic mass is 9.96. The summed E-state index contributed by atoms with van der Waals surface area (Å²) in [6, 6.07) is 4.63. The van der Waals surface area contributed by atoms with Crippen LogP contribution in [-0.4, -0.2) is 68.6 Å². The molecule has 0 bridgehead atoms. The highest BCUT2D eigenvalue weighted by atomic mass is 32.2. The van der Waals surface area contributed by atoms with Crippen molar-refractivity contribution in [3.63, 3.8) is 0 Å². The van der Waals surface area contributed by atoms with E-state index < -0.39 is 65.2 Å². The maximum Gasteiger partial charge on any atom is 0.303 e. The first kappa shape index (κ1) is 24.7. The molecule has 1 fully saturated rings. The average Bonchev–Trinajstić information content (AvgIpc) is 2.65. The SMILES string of the molecule is CC(=O)N[C@@H]1[C@@H](OC(C)=O)[C@@H](OC(C)=O)[C@@H](COS(=O)(=O)c2ccc(C)cc2)O[C@H]1O. The van der Waals surface area contributed by atoms with Gasteiger partial charge in [0.05, 0.1) is 11.5 Å². The van der Waals surface area contributed by atoms with Gasteiger partial charge in [0.15, 0.2) is 18.5 Å². The van der Waals surface area contributed by atoms with Gasteiger partial charge in [-0.15, -0.1) is 0 Å². The van der Waals surface area contributed by atoms with Crippen molar-refractivity contribution in [2.75, 3.05) is 6.61 Å². The minimum atomic E-state index is -4.20. The molecule has 0 aromatic heterocycles. The molecule has 2 N–H and O–H groups in total. The van der Waals surface area contributed by atoms with Gasteiger partial charge in [-0.1, -0.05) is 17.7 Å². The van der Waals surface area contributed by atoms with Crippen molar-refractivity contribution in [3.8, 4) is 0 Å². The van der Waals surface area contributed by atoms with Crippen LogP contribution in [0.4, 0.5) is 0 Å². The van der Waals surface area contributed by atoms with Gasteiger partial charge in [0.1, 0.15) is 12.1 Å². The van der Waals surface area contributed by atoms with E-state index in [0.29, 0.717) is 0 Å². The van der Waals surface area contributed by atoms with E-state index >= 15 is 0 Å². The largest absolute Gasteiger partial charge is 0.456 e. The smallest absolute Gasteiger partial charge is 0.303 e. The van der Waals surface area contributed by atoms with Crippen LogP contribution in [0.25, 0.3) is 0 Å². The number of benzene rings is 1. The molecule has 1 amide bonds. The Morgan fingerprint density at radius 3 is 2.10 bits per heavy atom. The number of amides is 1. The van der Waals surface area contributed by atoms with Gasteiger partial charge in [-0.25, -0.2) is 0 Å². The fraction of sp³-hybridized carbons (Fsp3) is 0.526. The third-order valence-corrected chi connectivity index (χ3v) is 5.63. The molecule has 11 nitrogen and oxygen atoms in total. The second-order valence-corrected chi connectivity index (χ2v) is 8.61. The van der Waals surface area contributed by atoms with E-state index in [2.05, 4.69) is 5.32 Å². The van der Waals surface area contributed by atoms with Gasteiger partial charge in [0.25, 0.3) is 10.1 Å². The van der Waals surface area contributed by atoms with Gasteiger partial charge in [-0.2, -0.15) is 8.42 Å². The number of carbonyl (C=O) groups is 3. The Hall–Kier alpha value is -2.54. The number of nitrogens with one attached hydrogen (secondary N) is 1. The zero-order valence-electron chi connectivity index (χ0n) is 17.4. The minimum absolute atomic E-state index is 0.105. The van der Waals surface area contributed by atoms with Crippen LogP contribution in [0.2, 0.25) is 0 Å². The molecule has 0 saturated carbocycles. The lowest BCUT2D eigenvalue weighted by Crippen LogP contribution is -2.66. The zero-order valence-corrected chi connectivity index (χ0v) is 18.2. The minimum Gasteiger partial charge on any atom is -0.456 e. The first-order valence-electron chi connectivity index (χ1n) is 9.32. The Balaban J connectivity index is 2.29. The molecular weight excluding hydrogens is 434 g/mol. The molecule has 1 saturated heterocycles. The van der Waals surface area contributed by atoms with Gasteiger partial charge < -0.3 is 24.6 Å². The molecule has 1 aliphatic rings. The Kier molecular flexibility index (Phi) is 8.12. The van der Waals surface area contributed by atoms with Crippen LogP contribution in [-0.2, 0) is 42.9 Å². The van der Waals surface area contributed by atoms with Crippen LogP contribution in [0, 0.1) is 6.92 Å². The first-order chi connectivity index (χ1) is 14.4. The molecule has 1 aromatic carbocycles. The van der Waals surface area contributed by atoms with Crippen LogP contribution in [0.15, 0.2) is 29.2 Å². The number of hydrogen-bond donors (Lipinski definition) is 2. The van der Waals surface area contributed by atoms with Crippen LogP contribution >= 0.6 is 0 Å². The summed E-state index contributed by atoms with van der Waals surface area (Å²) in [7, 11) is -4.20. The summed E-state index contributed by atoms with van der Waals surface area (Å²) in [5.41, 5.74) is 0.848. The standard InChI is InChI=1S/C19H25NO10S/c1-10-5-7-14(8-6-10)31(25,26)27-9-15-17(28-12(3)22)18(29-13(4)23)16(19(24)30-15)20-11(2)21/h5-8,15-19,24H,9H2,1-4H3,(H,20,21)/t15-,16-,17+,18-,19-/m1/s1. The van der Waals surface area contributed by atoms with Crippen LogP contribution < -0.4 is 5.32 Å². The fourth-order valence-electron chi connectivity index (χ4n) is 3.04. The second-order valence-electron chi connectivity index (χ2n) is 6.99. The number of esters is 2. The Labute approximate surface area is 179 Å². The predicted molar refractivity (Wildman–Crippen MR) is 104 cm³/mol. The number of aliphatic hydroxyl groups excluding tert-OH is 1. The van der Waals surface area contributed by atoms with Crippen molar-refractivity contribution in [3.05, 3.63) is 29.8 Å². The molecule has 1 aromatic rings. The number of ether oxygens (including phenoxy) is 3. The van der Waals surface area contributed by atoms with E-state index in [4.69, 9.17) is 18.4 Å². The monoisotopic (exact) mass is 459 g/mol. The van der Waals surface area contributed by atoms with Crippen LogP contribution in [0.5, 0.6) is 0 Å². The third kappa shape index (κ3) is 6.72. The van der Waals surface area contributed by atoms with Gasteiger partial charge >= 0.3 is 11.9 Å². The van der Waals surface area contributed by atoms with Crippen molar-refractivity contribution < 1.29 is 46.3 Å². The quantitative estimate of drug-likeness (QED) is 0.413. The van der Waals surface area contributed by atoms with E-state index in [9.17, 15) is 27.9 Å². The number of aryl methyl sites for hydroxylation is 1. The fourth-order valence-corrected chi connectivity index (χ4v) is 3.96. The summed E-state index contributed by atoms with van der Waals surface area (Å²) < 4.78 is 45.7. The topological polar surface area (TPSA) is 155 Å². The van der Waals surface area contributed by atoms with Crippen molar-refractivity contribution in [2.45, 2.75) is 63.2 Å². The molecule has 0 aliphatic carbocycles. The highest BCUT2D eigenvalue weighted by molar-refractivity contribution is 7.86. The van der Waals surface area contributed by atoms with Gasteiger partial charge in [-0.05, 0) is 19.1 Å². The maximum atomic E-state index is 12.5. The van der Waals surface area contributed by atoms with Gasteiger partial charge in [-0.3, -0.25) is 18.6 Å². The molecule has 0 unspecified atom stereocenters. The predicted octanol–water partition coefficient (Wildman–Crippen LogP) is -0.214. The average molecular weight is 459 g/mol. The van der Waals surface area contributed by atoms with E-state index in [0.717, 1.165) is 19.4 Å². The molecule has 1 aliphatic heterocycles. The summed E-state index contributed by atoms with van der Waals surface area (Å²) >= 11 is 0. The molecule has 1 heterocycles. The Bertz CT molecular complexity index is 914. The number of carbonyl (C=O) groups excluding carboxylic acids is 3. The summed E-state index contributed by atoms with van der Waals surface area (Å²) in [5, 5.41) is 12.7. The summed E-state index contributed by atoms with van der Waals surface area (Å²) in [4.78, 5) is 34.6. The molecule has 172 valence electrons. The Morgan fingerprint density at radius 2 is 1.58 bits per heavy atom. The normalized spacial score (nSPS) is 26.0. The molecule has 2 rings (SSSR count). The molecular formula is C19H25NO10S. The number of rotatable bonds is 7. The third-order valence-electron chi connectivity index (χ3n) is 4.34. The highest BCUT2D eigenvalue weighted by Crippen LogP contribution is 2.27. The molecule has 31 heavy (non-hydrogen) atoms. The van der Waals surface area contributed by atoms with Crippen molar-refractivity contribution in [2.24, 2.45) is 0 Å². The van der Waals surface area contributed by atoms with Crippen LogP contribution in [0.3, 0.4) is 0 Å². The van der Waals surface area contributed by atoms with Crippen molar-refractivity contribution in [1.29, 1.82) is 0 Å². The molecule has 0 radical (unpaired) electrons. The highest BCUT2D eigenvalue weighted by Gasteiger charge is 2.50.